The fourth-order valence-corrected chi connectivity index (χ4v) is 9.36. The molecule has 58 heavy (non-hydrogen) atoms. The summed E-state index contributed by atoms with van der Waals surface area (Å²) in [6.45, 7) is 0. The molecular weight excluding hydrogens is 705 g/mol. The number of aromatic nitrogens is 1. The highest BCUT2D eigenvalue weighted by Crippen LogP contribution is 2.47. The van der Waals surface area contributed by atoms with Gasteiger partial charge in [0.1, 0.15) is 11.2 Å². The summed E-state index contributed by atoms with van der Waals surface area (Å²) in [5.41, 5.74) is 24.9. The first-order chi connectivity index (χ1) is 28.6. The first-order valence-electron chi connectivity index (χ1n) is 19.9. The van der Waals surface area contributed by atoms with Gasteiger partial charge < -0.3 is 14.7 Å². The number of hydrogen-bond acceptors (Lipinski definition) is 2. The second-order valence-electron chi connectivity index (χ2n) is 15.5. The molecule has 0 radical (unpaired) electrons. The van der Waals surface area contributed by atoms with Gasteiger partial charge in [-0.25, -0.2) is 0 Å². The largest absolute Gasteiger partial charge is 0.456 e. The molecule has 0 unspecified atom stereocenters. The molecule has 2 aromatic heterocycles. The lowest BCUT2D eigenvalue weighted by molar-refractivity contribution is 0.669. The predicted molar refractivity (Wildman–Crippen MR) is 244 cm³/mol. The molecule has 0 spiro atoms. The topological polar surface area (TPSA) is 44.1 Å². The summed E-state index contributed by atoms with van der Waals surface area (Å²) < 4.78 is 8.54. The SMILES string of the molecule is Nc1cccc2c1/C(=C\Cc1ccc3cc(-c4ccc5c(c4)c4cc(-c6ccc7oc8ccccc8c7c6)ccc4n5-c4ccccc4)ccc3c1)c1ccccc1-2. The first kappa shape index (κ1) is 32.6. The van der Waals surface area contributed by atoms with Crippen molar-refractivity contribution in [3.63, 3.8) is 0 Å². The van der Waals surface area contributed by atoms with E-state index in [9.17, 15) is 0 Å². The third-order valence-electron chi connectivity index (χ3n) is 12.1. The average molecular weight is 741 g/mol. The van der Waals surface area contributed by atoms with Crippen LogP contribution in [-0.4, -0.2) is 4.57 Å². The summed E-state index contributed by atoms with van der Waals surface area (Å²) in [7, 11) is 0. The van der Waals surface area contributed by atoms with Crippen molar-refractivity contribution in [3.05, 3.63) is 211 Å². The molecule has 3 nitrogen and oxygen atoms in total. The van der Waals surface area contributed by atoms with Crippen molar-refractivity contribution in [2.75, 3.05) is 5.73 Å². The highest BCUT2D eigenvalue weighted by molar-refractivity contribution is 6.12. The van der Waals surface area contributed by atoms with Crippen LogP contribution in [0.25, 0.3) is 99.2 Å². The van der Waals surface area contributed by atoms with Gasteiger partial charge in [0.15, 0.2) is 0 Å². The molecule has 2 N–H and O–H groups in total. The number of benzene rings is 9. The van der Waals surface area contributed by atoms with Gasteiger partial charge in [-0.3, -0.25) is 0 Å². The van der Waals surface area contributed by atoms with Crippen LogP contribution in [0.15, 0.2) is 199 Å². The smallest absolute Gasteiger partial charge is 0.135 e. The normalized spacial score (nSPS) is 13.0. The van der Waals surface area contributed by atoms with Crippen molar-refractivity contribution in [2.45, 2.75) is 6.42 Å². The molecule has 0 saturated heterocycles. The van der Waals surface area contributed by atoms with Crippen LogP contribution in [0, 0.1) is 0 Å². The van der Waals surface area contributed by atoms with Gasteiger partial charge in [-0.2, -0.15) is 0 Å². The summed E-state index contributed by atoms with van der Waals surface area (Å²) in [5, 5.41) is 7.20. The summed E-state index contributed by atoms with van der Waals surface area (Å²) in [6.07, 6.45) is 3.17. The van der Waals surface area contributed by atoms with E-state index >= 15 is 0 Å². The number of fused-ring (bicyclic) bond motifs is 10. The lowest BCUT2D eigenvalue weighted by atomic mass is 9.96. The molecule has 0 bridgehead atoms. The first-order valence-corrected chi connectivity index (χ1v) is 19.9. The fraction of sp³-hybridized carbons (Fsp3) is 0.0182. The van der Waals surface area contributed by atoms with Gasteiger partial charge in [0.05, 0.1) is 11.0 Å². The van der Waals surface area contributed by atoms with E-state index in [4.69, 9.17) is 10.2 Å². The van der Waals surface area contributed by atoms with E-state index in [-0.39, 0.29) is 0 Å². The van der Waals surface area contributed by atoms with Crippen molar-refractivity contribution in [3.8, 4) is 39.1 Å². The Morgan fingerprint density at radius 3 is 1.86 bits per heavy atom. The zero-order valence-corrected chi connectivity index (χ0v) is 31.6. The standard InChI is InChI=1S/C55H36N2O/c56-50-15-8-14-45-42-11-4-5-12-43(42)46(55(45)50)25-18-34-17-19-36-30-37(21-20-35(36)29-34)38-22-26-51-47(31-38)48-32-39(23-27-52(48)57(51)41-9-2-1-3-10-41)40-24-28-54-49(33-40)44-13-6-7-16-53(44)58-54/h1-17,19-33H,18,56H2/b46-25-. The highest BCUT2D eigenvalue weighted by atomic mass is 16.3. The molecule has 0 aliphatic heterocycles. The Kier molecular flexibility index (Phi) is 7.14. The molecule has 3 heteroatoms. The van der Waals surface area contributed by atoms with Gasteiger partial charge in [0.2, 0.25) is 0 Å². The average Bonchev–Trinajstić information content (AvgIpc) is 3.93. The van der Waals surface area contributed by atoms with E-state index in [1.165, 1.54) is 82.7 Å². The Morgan fingerprint density at radius 1 is 0.448 bits per heavy atom. The zero-order chi connectivity index (χ0) is 38.3. The molecule has 9 aromatic carbocycles. The molecule has 2 heterocycles. The van der Waals surface area contributed by atoms with E-state index in [0.717, 1.165) is 45.3 Å². The maximum Gasteiger partial charge on any atom is 0.135 e. The Hall–Kier alpha value is -7.62. The maximum absolute atomic E-state index is 6.55. The van der Waals surface area contributed by atoms with Crippen molar-refractivity contribution >= 4 is 65.8 Å². The van der Waals surface area contributed by atoms with Crippen LogP contribution in [0.3, 0.4) is 0 Å². The van der Waals surface area contributed by atoms with Crippen LogP contribution in [0.2, 0.25) is 0 Å². The van der Waals surface area contributed by atoms with Gasteiger partial charge in [0.25, 0.3) is 0 Å². The van der Waals surface area contributed by atoms with Gasteiger partial charge in [0, 0.05) is 38.5 Å². The van der Waals surface area contributed by atoms with Gasteiger partial charge >= 0.3 is 0 Å². The molecule has 0 saturated carbocycles. The number of anilines is 1. The van der Waals surface area contributed by atoms with Gasteiger partial charge in [-0.15, -0.1) is 0 Å². The monoisotopic (exact) mass is 740 g/mol. The van der Waals surface area contributed by atoms with Gasteiger partial charge in [-0.05, 0) is 134 Å². The van der Waals surface area contributed by atoms with E-state index < -0.39 is 0 Å². The molecule has 1 aliphatic rings. The quantitative estimate of drug-likeness (QED) is 0.179. The number of furan rings is 1. The van der Waals surface area contributed by atoms with Crippen LogP contribution in [0.4, 0.5) is 5.69 Å². The minimum Gasteiger partial charge on any atom is -0.456 e. The predicted octanol–water partition coefficient (Wildman–Crippen LogP) is 14.4. The number of para-hydroxylation sites is 2. The zero-order valence-electron chi connectivity index (χ0n) is 31.6. The van der Waals surface area contributed by atoms with Crippen LogP contribution in [-0.2, 0) is 6.42 Å². The maximum atomic E-state index is 6.55. The second-order valence-corrected chi connectivity index (χ2v) is 15.5. The summed E-state index contributed by atoms with van der Waals surface area (Å²) in [5.74, 6) is 0. The lowest BCUT2D eigenvalue weighted by Crippen LogP contribution is -1.93. The van der Waals surface area contributed by atoms with E-state index in [1.807, 2.05) is 24.3 Å². The molecule has 272 valence electrons. The Morgan fingerprint density at radius 2 is 1.05 bits per heavy atom. The number of nitrogens with zero attached hydrogens (tertiary/aromatic N) is 1. The molecule has 0 fully saturated rings. The van der Waals surface area contributed by atoms with Crippen LogP contribution < -0.4 is 5.73 Å². The molecule has 12 rings (SSSR count). The minimum atomic E-state index is 0.825. The Labute approximate surface area is 335 Å². The van der Waals surface area contributed by atoms with E-state index in [1.54, 1.807) is 0 Å². The molecule has 0 atom stereocenters. The third-order valence-corrected chi connectivity index (χ3v) is 12.1. The van der Waals surface area contributed by atoms with E-state index in [2.05, 4.69) is 174 Å². The molecule has 1 aliphatic carbocycles. The number of hydrogen-bond donors (Lipinski definition) is 1. The van der Waals surface area contributed by atoms with Crippen LogP contribution >= 0.6 is 0 Å². The number of rotatable bonds is 5. The van der Waals surface area contributed by atoms with Crippen LogP contribution in [0.5, 0.6) is 0 Å². The number of allylic oxidation sites excluding steroid dienone is 1. The molecular formula is C55H36N2O. The summed E-state index contributed by atoms with van der Waals surface area (Å²) in [4.78, 5) is 0. The number of nitrogen functional groups attached to an aromatic ring is 1. The van der Waals surface area contributed by atoms with Crippen molar-refractivity contribution in [1.82, 2.24) is 4.57 Å². The highest BCUT2D eigenvalue weighted by Gasteiger charge is 2.24. The Bertz CT molecular complexity index is 3490. The van der Waals surface area contributed by atoms with Gasteiger partial charge in [-0.1, -0.05) is 127 Å². The third kappa shape index (κ3) is 5.07. The lowest BCUT2D eigenvalue weighted by Gasteiger charge is -2.09. The minimum absolute atomic E-state index is 0.825. The summed E-state index contributed by atoms with van der Waals surface area (Å²) >= 11 is 0. The summed E-state index contributed by atoms with van der Waals surface area (Å²) in [6, 6.07) is 67.9. The molecule has 0 amide bonds. The van der Waals surface area contributed by atoms with E-state index in [0.29, 0.717) is 0 Å². The van der Waals surface area contributed by atoms with Crippen molar-refractivity contribution in [1.29, 1.82) is 0 Å². The second kappa shape index (κ2) is 12.7. The molecule has 11 aromatic rings. The Balaban J connectivity index is 0.930. The van der Waals surface area contributed by atoms with Crippen LogP contribution in [0.1, 0.15) is 16.7 Å². The number of nitrogens with two attached hydrogens (primary N) is 1. The fourth-order valence-electron chi connectivity index (χ4n) is 9.36. The van der Waals surface area contributed by atoms with Crippen molar-refractivity contribution in [2.24, 2.45) is 0 Å². The van der Waals surface area contributed by atoms with Crippen molar-refractivity contribution < 1.29 is 4.42 Å².